The molecule has 0 bridgehead atoms. The number of hydrogen-bond donors (Lipinski definition) is 0. The number of rotatable bonds is 9. The first-order valence-corrected chi connectivity index (χ1v) is 11.7. The van der Waals surface area contributed by atoms with Crippen LogP contribution in [0.25, 0.3) is 22.3 Å². The molecule has 0 aliphatic heterocycles. The number of carbonyl (C=O) groups is 1. The van der Waals surface area contributed by atoms with Crippen LogP contribution in [0.4, 0.5) is 4.39 Å². The molecule has 1 heterocycles. The highest BCUT2D eigenvalue weighted by molar-refractivity contribution is 6.19. The van der Waals surface area contributed by atoms with Gasteiger partial charge in [-0.15, -0.1) is 0 Å². The topological polar surface area (TPSA) is 42.7 Å². The molecule has 0 fully saturated rings. The molecular formula is C29H30FNO3. The molecule has 0 radical (unpaired) electrons. The van der Waals surface area contributed by atoms with Crippen molar-refractivity contribution in [3.05, 3.63) is 88.7 Å². The predicted octanol–water partition coefficient (Wildman–Crippen LogP) is 6.81. The second-order valence-electron chi connectivity index (χ2n) is 8.55. The summed E-state index contributed by atoms with van der Waals surface area (Å²) >= 11 is 0. The fourth-order valence-electron chi connectivity index (χ4n) is 4.28. The number of ketones is 1. The van der Waals surface area contributed by atoms with E-state index in [4.69, 9.17) is 9.15 Å². The van der Waals surface area contributed by atoms with E-state index in [2.05, 4.69) is 18.7 Å². The highest BCUT2D eigenvalue weighted by atomic mass is 19.1. The van der Waals surface area contributed by atoms with Crippen molar-refractivity contribution in [2.24, 2.45) is 0 Å². The van der Waals surface area contributed by atoms with Gasteiger partial charge in [0.15, 0.2) is 5.78 Å². The van der Waals surface area contributed by atoms with Crippen LogP contribution in [-0.2, 0) is 0 Å². The van der Waals surface area contributed by atoms with Crippen molar-refractivity contribution >= 4 is 16.8 Å². The van der Waals surface area contributed by atoms with Crippen molar-refractivity contribution in [2.45, 2.75) is 27.7 Å². The molecule has 0 amide bonds. The van der Waals surface area contributed by atoms with Gasteiger partial charge in [-0.1, -0.05) is 31.0 Å². The zero-order valence-electron chi connectivity index (χ0n) is 20.2. The zero-order valence-corrected chi connectivity index (χ0v) is 20.2. The normalized spacial score (nSPS) is 11.4. The number of ether oxygens (including phenoxy) is 1. The lowest BCUT2D eigenvalue weighted by Crippen LogP contribution is -2.27. The van der Waals surface area contributed by atoms with Crippen molar-refractivity contribution in [3.63, 3.8) is 0 Å². The smallest absolute Gasteiger partial charge is 0.197 e. The number of furan rings is 1. The van der Waals surface area contributed by atoms with Crippen molar-refractivity contribution in [2.75, 3.05) is 26.2 Å². The summed E-state index contributed by atoms with van der Waals surface area (Å²) in [6, 6.07) is 17.5. The van der Waals surface area contributed by atoms with Gasteiger partial charge < -0.3 is 14.1 Å². The molecule has 3 aromatic carbocycles. The van der Waals surface area contributed by atoms with Gasteiger partial charge >= 0.3 is 0 Å². The van der Waals surface area contributed by atoms with E-state index < -0.39 is 5.82 Å². The number of fused-ring (bicyclic) bond motifs is 1. The molecule has 0 spiro atoms. The summed E-state index contributed by atoms with van der Waals surface area (Å²) < 4.78 is 26.1. The summed E-state index contributed by atoms with van der Waals surface area (Å²) in [7, 11) is 0. The molecular weight excluding hydrogens is 429 g/mol. The number of aryl methyl sites for hydroxylation is 2. The fourth-order valence-corrected chi connectivity index (χ4v) is 4.28. The maximum Gasteiger partial charge on any atom is 0.197 e. The molecule has 0 atom stereocenters. The van der Waals surface area contributed by atoms with Gasteiger partial charge in [0.2, 0.25) is 0 Å². The molecule has 0 unspecified atom stereocenters. The van der Waals surface area contributed by atoms with Gasteiger partial charge in [0.1, 0.15) is 29.5 Å². The second kappa shape index (κ2) is 10.2. The van der Waals surface area contributed by atoms with Gasteiger partial charge in [-0.25, -0.2) is 4.39 Å². The van der Waals surface area contributed by atoms with Gasteiger partial charge in [-0.2, -0.15) is 0 Å². The fraction of sp³-hybridized carbons (Fsp3) is 0.276. The highest BCUT2D eigenvalue weighted by Gasteiger charge is 2.24. The Balaban J connectivity index is 1.69. The lowest BCUT2D eigenvalue weighted by Gasteiger charge is -2.18. The van der Waals surface area contributed by atoms with E-state index in [0.717, 1.165) is 42.1 Å². The molecule has 0 aliphatic carbocycles. The first-order valence-electron chi connectivity index (χ1n) is 11.7. The lowest BCUT2D eigenvalue weighted by molar-refractivity contribution is 0.104. The van der Waals surface area contributed by atoms with Gasteiger partial charge in [0.05, 0.1) is 5.56 Å². The second-order valence-corrected chi connectivity index (χ2v) is 8.55. The van der Waals surface area contributed by atoms with Gasteiger partial charge in [-0.3, -0.25) is 4.79 Å². The lowest BCUT2D eigenvalue weighted by atomic mass is 9.95. The van der Waals surface area contributed by atoms with Gasteiger partial charge in [-0.05, 0) is 81.5 Å². The van der Waals surface area contributed by atoms with Gasteiger partial charge in [0.25, 0.3) is 0 Å². The Kier molecular flexibility index (Phi) is 7.13. The van der Waals surface area contributed by atoms with Crippen molar-refractivity contribution < 1.29 is 18.3 Å². The van der Waals surface area contributed by atoms with E-state index in [1.807, 2.05) is 56.3 Å². The Morgan fingerprint density at radius 1 is 0.941 bits per heavy atom. The van der Waals surface area contributed by atoms with E-state index in [1.54, 1.807) is 6.07 Å². The third kappa shape index (κ3) is 5.05. The third-order valence-corrected chi connectivity index (χ3v) is 6.05. The average molecular weight is 460 g/mol. The summed E-state index contributed by atoms with van der Waals surface area (Å²) in [6.45, 7) is 11.6. The third-order valence-electron chi connectivity index (χ3n) is 6.05. The summed E-state index contributed by atoms with van der Waals surface area (Å²) in [5, 5.41) is 0.471. The molecule has 0 N–H and O–H groups in total. The average Bonchev–Trinajstić information content (AvgIpc) is 3.19. The minimum absolute atomic E-state index is 0.189. The largest absolute Gasteiger partial charge is 0.492 e. The Morgan fingerprint density at radius 3 is 2.26 bits per heavy atom. The maximum atomic E-state index is 14.1. The first-order chi connectivity index (χ1) is 16.4. The van der Waals surface area contributed by atoms with Crippen LogP contribution in [0.3, 0.4) is 0 Å². The zero-order chi connectivity index (χ0) is 24.2. The molecule has 176 valence electrons. The number of nitrogens with zero attached hydrogens (tertiary/aromatic N) is 1. The molecule has 4 nitrogen and oxygen atoms in total. The minimum atomic E-state index is -0.411. The summed E-state index contributed by atoms with van der Waals surface area (Å²) in [6.07, 6.45) is 0. The first kappa shape index (κ1) is 23.7. The van der Waals surface area contributed by atoms with E-state index in [1.165, 1.54) is 12.1 Å². The molecule has 0 saturated heterocycles. The summed E-state index contributed by atoms with van der Waals surface area (Å²) in [5.41, 5.74) is 4.13. The van der Waals surface area contributed by atoms with Crippen LogP contribution < -0.4 is 4.74 Å². The van der Waals surface area contributed by atoms with Crippen molar-refractivity contribution in [3.8, 4) is 17.1 Å². The van der Waals surface area contributed by atoms with Crippen LogP contribution >= 0.6 is 0 Å². The molecule has 0 saturated carbocycles. The van der Waals surface area contributed by atoms with E-state index in [0.29, 0.717) is 34.5 Å². The van der Waals surface area contributed by atoms with Crippen LogP contribution in [0.15, 0.2) is 65.1 Å². The van der Waals surface area contributed by atoms with Crippen molar-refractivity contribution in [1.29, 1.82) is 0 Å². The van der Waals surface area contributed by atoms with Crippen LogP contribution in [0.1, 0.15) is 40.9 Å². The van der Waals surface area contributed by atoms with E-state index in [9.17, 15) is 9.18 Å². The SMILES string of the molecule is CCN(CC)CCOc1ccc(-c2oc3ccc(F)cc3c2C(=O)c2cc(C)cc(C)c2)cc1. The number of likely N-dealkylation sites (N-methyl/N-ethyl adjacent to an activating group) is 1. The van der Waals surface area contributed by atoms with Crippen LogP contribution in [-0.4, -0.2) is 36.9 Å². The minimum Gasteiger partial charge on any atom is -0.492 e. The molecule has 0 aliphatic rings. The molecule has 1 aromatic heterocycles. The number of carbonyl (C=O) groups excluding carboxylic acids is 1. The molecule has 5 heteroatoms. The Bertz CT molecular complexity index is 1280. The van der Waals surface area contributed by atoms with E-state index >= 15 is 0 Å². The quantitative estimate of drug-likeness (QED) is 0.258. The number of hydrogen-bond acceptors (Lipinski definition) is 4. The van der Waals surface area contributed by atoms with Crippen LogP contribution in [0.2, 0.25) is 0 Å². The Morgan fingerprint density at radius 2 is 1.62 bits per heavy atom. The molecule has 4 rings (SSSR count). The Hall–Kier alpha value is -3.44. The van der Waals surface area contributed by atoms with Gasteiger partial charge in [0, 0.05) is 23.1 Å². The molecule has 34 heavy (non-hydrogen) atoms. The predicted molar refractivity (Wildman–Crippen MR) is 134 cm³/mol. The number of benzene rings is 3. The standard InChI is InChI=1S/C29H30FNO3/c1-5-31(6-2)13-14-33-24-10-7-21(8-11-24)29-27(25-18-23(30)9-12-26(25)34-29)28(32)22-16-19(3)15-20(4)17-22/h7-12,15-18H,5-6,13-14H2,1-4H3. The highest BCUT2D eigenvalue weighted by Crippen LogP contribution is 2.36. The summed E-state index contributed by atoms with van der Waals surface area (Å²) in [4.78, 5) is 15.9. The van der Waals surface area contributed by atoms with Crippen LogP contribution in [0, 0.1) is 19.7 Å². The summed E-state index contributed by atoms with van der Waals surface area (Å²) in [5.74, 6) is 0.580. The number of halogens is 1. The molecule has 4 aromatic rings. The maximum absolute atomic E-state index is 14.1. The van der Waals surface area contributed by atoms with Crippen LogP contribution in [0.5, 0.6) is 5.75 Å². The van der Waals surface area contributed by atoms with E-state index in [-0.39, 0.29) is 5.78 Å². The Labute approximate surface area is 200 Å². The monoisotopic (exact) mass is 459 g/mol. The van der Waals surface area contributed by atoms with Crippen molar-refractivity contribution in [1.82, 2.24) is 4.90 Å².